The van der Waals surface area contributed by atoms with Crippen LogP contribution in [0.25, 0.3) is 11.1 Å². The summed E-state index contributed by atoms with van der Waals surface area (Å²) in [4.78, 5) is 19.9. The number of phenols is 2. The van der Waals surface area contributed by atoms with Crippen molar-refractivity contribution in [2.75, 3.05) is 14.2 Å². The van der Waals surface area contributed by atoms with Crippen molar-refractivity contribution in [1.29, 1.82) is 5.26 Å². The number of phenolic OH excluding ortho intramolecular Hbond substituents is 2. The predicted molar refractivity (Wildman–Crippen MR) is 125 cm³/mol. The van der Waals surface area contributed by atoms with Crippen molar-refractivity contribution < 1.29 is 29.5 Å². The molecule has 170 valence electrons. The minimum absolute atomic E-state index is 0.228. The van der Waals surface area contributed by atoms with E-state index in [1.54, 1.807) is 46.9 Å². The van der Waals surface area contributed by atoms with Crippen molar-refractivity contribution in [2.45, 2.75) is 0 Å². The molecule has 0 spiro atoms. The lowest BCUT2D eigenvalue weighted by molar-refractivity contribution is -0.386. The van der Waals surface area contributed by atoms with Gasteiger partial charge in [0.15, 0.2) is 0 Å². The minimum Gasteiger partial charge on any atom is -0.502 e. The number of nitro groups is 2. The van der Waals surface area contributed by atoms with E-state index in [0.29, 0.717) is 26.2 Å². The molecule has 0 radical (unpaired) electrons. The summed E-state index contributed by atoms with van der Waals surface area (Å²) in [6, 6.07) is 13.5. The maximum atomic E-state index is 10.9. The highest BCUT2D eigenvalue weighted by Crippen LogP contribution is 2.43. The van der Waals surface area contributed by atoms with Gasteiger partial charge in [-0.15, -0.1) is 0 Å². The number of benzene rings is 3. The number of nitriles is 1. The number of aromatic hydroxyl groups is 2. The van der Waals surface area contributed by atoms with Gasteiger partial charge in [0.1, 0.15) is 15.1 Å². The maximum absolute atomic E-state index is 10.9. The van der Waals surface area contributed by atoms with Crippen LogP contribution in [0, 0.1) is 35.1 Å². The monoisotopic (exact) mass is 565 g/mol. The zero-order valence-corrected chi connectivity index (χ0v) is 19.3. The van der Waals surface area contributed by atoms with E-state index >= 15 is 0 Å². The molecule has 0 unspecified atom stereocenters. The Morgan fingerprint density at radius 1 is 0.848 bits per heavy atom. The molecule has 12 heteroatoms. The molecule has 0 aliphatic heterocycles. The summed E-state index contributed by atoms with van der Waals surface area (Å²) in [7, 11) is 2.84. The van der Waals surface area contributed by atoms with Gasteiger partial charge in [-0.05, 0) is 52.4 Å². The van der Waals surface area contributed by atoms with Gasteiger partial charge >= 0.3 is 11.4 Å². The molecule has 3 rings (SSSR count). The summed E-state index contributed by atoms with van der Waals surface area (Å²) < 4.78 is 10.3. The first kappa shape index (κ1) is 25.1. The number of nitrogens with zero attached hydrogens (tertiary/aromatic N) is 3. The van der Waals surface area contributed by atoms with Crippen LogP contribution < -0.4 is 9.47 Å². The van der Waals surface area contributed by atoms with Crippen molar-refractivity contribution in [1.82, 2.24) is 0 Å². The molecule has 3 aromatic rings. The van der Waals surface area contributed by atoms with Crippen LogP contribution in [0.4, 0.5) is 11.4 Å². The summed E-state index contributed by atoms with van der Waals surface area (Å²) in [6.45, 7) is 0. The average Bonchev–Trinajstić information content (AvgIpc) is 2.80. The molecule has 0 fully saturated rings. The van der Waals surface area contributed by atoms with Crippen molar-refractivity contribution in [3.8, 4) is 40.2 Å². The third kappa shape index (κ3) is 5.57. The van der Waals surface area contributed by atoms with Crippen LogP contribution >= 0.6 is 22.6 Å². The second-order valence-electron chi connectivity index (χ2n) is 6.16. The Bertz CT molecular complexity index is 1240. The third-order valence-electron chi connectivity index (χ3n) is 4.31. The van der Waals surface area contributed by atoms with E-state index in [4.69, 9.17) is 14.7 Å². The molecular formula is C21H16IN3O8. The Balaban J connectivity index is 0.000000257. The van der Waals surface area contributed by atoms with E-state index < -0.39 is 21.3 Å². The summed E-state index contributed by atoms with van der Waals surface area (Å²) in [5, 5.41) is 49.4. The lowest BCUT2D eigenvalue weighted by atomic mass is 10.0. The Hall–Kier alpha value is -4.12. The van der Waals surface area contributed by atoms with Crippen LogP contribution in [0.1, 0.15) is 5.56 Å². The topological polar surface area (TPSA) is 169 Å². The first-order chi connectivity index (χ1) is 15.7. The number of nitro benzene ring substituents is 2. The van der Waals surface area contributed by atoms with Crippen LogP contribution in [0.3, 0.4) is 0 Å². The molecule has 0 aliphatic carbocycles. The maximum Gasteiger partial charge on any atom is 0.312 e. The van der Waals surface area contributed by atoms with Crippen molar-refractivity contribution in [3.05, 3.63) is 77.9 Å². The van der Waals surface area contributed by atoms with Crippen molar-refractivity contribution in [2.24, 2.45) is 0 Å². The number of methoxy groups -OCH3 is 2. The number of ether oxygens (including phenoxy) is 2. The summed E-state index contributed by atoms with van der Waals surface area (Å²) in [5.41, 5.74) is 0.501. The number of halogens is 1. The molecule has 2 N–H and O–H groups in total. The largest absolute Gasteiger partial charge is 0.502 e. The SMILES string of the molecule is COc1ccc([N+](=O)[O-])c(O)c1-c1ccc(C#N)cc1.COc1ccc([N+](=O)[O-])c(O)c1I. The second kappa shape index (κ2) is 11.0. The number of hydrogen-bond donors (Lipinski definition) is 2. The zero-order valence-electron chi connectivity index (χ0n) is 17.2. The third-order valence-corrected chi connectivity index (χ3v) is 5.36. The Kier molecular flexibility index (Phi) is 8.35. The van der Waals surface area contributed by atoms with Gasteiger partial charge in [-0.2, -0.15) is 5.26 Å². The van der Waals surface area contributed by atoms with E-state index in [-0.39, 0.29) is 17.0 Å². The first-order valence-corrected chi connectivity index (χ1v) is 9.98. The van der Waals surface area contributed by atoms with Gasteiger partial charge in [0.05, 0.1) is 41.3 Å². The van der Waals surface area contributed by atoms with Gasteiger partial charge in [-0.3, -0.25) is 20.2 Å². The fourth-order valence-corrected chi connectivity index (χ4v) is 3.39. The minimum atomic E-state index is -0.665. The Labute approximate surface area is 200 Å². The average molecular weight is 565 g/mol. The van der Waals surface area contributed by atoms with Gasteiger partial charge in [0, 0.05) is 12.1 Å². The highest BCUT2D eigenvalue weighted by molar-refractivity contribution is 14.1. The quantitative estimate of drug-likeness (QED) is 0.252. The smallest absolute Gasteiger partial charge is 0.312 e. The molecule has 0 amide bonds. The lowest BCUT2D eigenvalue weighted by Gasteiger charge is -2.10. The van der Waals surface area contributed by atoms with E-state index in [1.807, 2.05) is 6.07 Å². The summed E-state index contributed by atoms with van der Waals surface area (Å²) >= 11 is 1.78. The molecule has 11 nitrogen and oxygen atoms in total. The molecule has 0 saturated carbocycles. The molecule has 0 saturated heterocycles. The second-order valence-corrected chi connectivity index (χ2v) is 7.24. The fourth-order valence-electron chi connectivity index (χ4n) is 2.71. The zero-order chi connectivity index (χ0) is 24.7. The van der Waals surface area contributed by atoms with Crippen LogP contribution in [-0.4, -0.2) is 34.3 Å². The van der Waals surface area contributed by atoms with Gasteiger partial charge in [0.2, 0.25) is 11.5 Å². The van der Waals surface area contributed by atoms with Gasteiger partial charge in [-0.25, -0.2) is 0 Å². The molecule has 0 aliphatic rings. The normalized spacial score (nSPS) is 9.76. The van der Waals surface area contributed by atoms with Gasteiger partial charge in [-0.1, -0.05) is 12.1 Å². The Morgan fingerprint density at radius 2 is 1.33 bits per heavy atom. The van der Waals surface area contributed by atoms with Crippen LogP contribution in [0.5, 0.6) is 23.0 Å². The highest BCUT2D eigenvalue weighted by Gasteiger charge is 2.22. The molecule has 0 heterocycles. The van der Waals surface area contributed by atoms with E-state index in [0.717, 1.165) is 0 Å². The number of hydrogen-bond acceptors (Lipinski definition) is 9. The van der Waals surface area contributed by atoms with Gasteiger partial charge < -0.3 is 19.7 Å². The van der Waals surface area contributed by atoms with Crippen LogP contribution in [0.2, 0.25) is 0 Å². The number of rotatable bonds is 5. The molecule has 0 atom stereocenters. The molecule has 3 aromatic carbocycles. The van der Waals surface area contributed by atoms with Gasteiger partial charge in [0.25, 0.3) is 0 Å². The van der Waals surface area contributed by atoms with Crippen molar-refractivity contribution >= 4 is 34.0 Å². The van der Waals surface area contributed by atoms with Crippen molar-refractivity contribution in [3.63, 3.8) is 0 Å². The van der Waals surface area contributed by atoms with E-state index in [9.17, 15) is 30.4 Å². The molecule has 0 bridgehead atoms. The van der Waals surface area contributed by atoms with E-state index in [1.165, 1.54) is 38.5 Å². The first-order valence-electron chi connectivity index (χ1n) is 8.90. The van der Waals surface area contributed by atoms with Crippen LogP contribution in [-0.2, 0) is 0 Å². The molecule has 0 aromatic heterocycles. The molecule has 33 heavy (non-hydrogen) atoms. The lowest BCUT2D eigenvalue weighted by Crippen LogP contribution is -1.94. The van der Waals surface area contributed by atoms with E-state index in [2.05, 4.69) is 0 Å². The fraction of sp³-hybridized carbons (Fsp3) is 0.0952. The molecular weight excluding hydrogens is 549 g/mol. The van der Waals surface area contributed by atoms with Crippen LogP contribution in [0.15, 0.2) is 48.5 Å². The Morgan fingerprint density at radius 3 is 1.79 bits per heavy atom. The summed E-state index contributed by atoms with van der Waals surface area (Å²) in [6.07, 6.45) is 0. The predicted octanol–water partition coefficient (Wildman–Crippen LogP) is 4.76. The highest BCUT2D eigenvalue weighted by atomic mass is 127. The summed E-state index contributed by atoms with van der Waals surface area (Å²) in [5.74, 6) is -0.0782. The standard InChI is InChI=1S/C14H10N2O4.C7H6INO4/c1-20-12-7-6-11(16(18)19)14(17)13(12)10-4-2-9(8-15)3-5-10;1-13-5-3-2-4(9(11)12)7(10)6(5)8/h2-7,17H,1H3;2-3,10H,1H3.